The molecule has 17 heavy (non-hydrogen) atoms. The highest BCUT2D eigenvalue weighted by Gasteiger charge is 2.68. The molecule has 1 aliphatic rings. The SMILES string of the molecule is Cc1c(Cl)cc([C@H]2[C@H](C(=O)O)C2(Cl)Cl)cc1Cl. The van der Waals surface area contributed by atoms with Gasteiger partial charge in [0.1, 0.15) is 4.33 Å². The molecule has 6 heteroatoms. The highest BCUT2D eigenvalue weighted by atomic mass is 35.5. The zero-order chi connectivity index (χ0) is 13.0. The van der Waals surface area contributed by atoms with Gasteiger partial charge in [-0.05, 0) is 30.2 Å². The van der Waals surface area contributed by atoms with Gasteiger partial charge in [0.05, 0.1) is 5.92 Å². The van der Waals surface area contributed by atoms with E-state index in [9.17, 15) is 4.79 Å². The summed E-state index contributed by atoms with van der Waals surface area (Å²) in [5.74, 6) is -2.31. The number of halogens is 4. The molecule has 0 aliphatic heterocycles. The Labute approximate surface area is 118 Å². The van der Waals surface area contributed by atoms with E-state index in [1.165, 1.54) is 0 Å². The van der Waals surface area contributed by atoms with Crippen molar-refractivity contribution >= 4 is 52.4 Å². The molecule has 2 nitrogen and oxygen atoms in total. The van der Waals surface area contributed by atoms with Crippen LogP contribution in [0.4, 0.5) is 0 Å². The van der Waals surface area contributed by atoms with E-state index in [1.807, 2.05) is 0 Å². The largest absolute Gasteiger partial charge is 0.481 e. The van der Waals surface area contributed by atoms with Crippen molar-refractivity contribution in [2.45, 2.75) is 17.2 Å². The van der Waals surface area contributed by atoms with Gasteiger partial charge >= 0.3 is 5.97 Å². The van der Waals surface area contributed by atoms with Crippen LogP contribution in [0, 0.1) is 12.8 Å². The number of hydrogen-bond acceptors (Lipinski definition) is 1. The molecule has 0 radical (unpaired) electrons. The highest BCUT2D eigenvalue weighted by Crippen LogP contribution is 2.65. The van der Waals surface area contributed by atoms with Crippen molar-refractivity contribution in [3.8, 4) is 0 Å². The van der Waals surface area contributed by atoms with Gasteiger partial charge in [-0.2, -0.15) is 0 Å². The van der Waals surface area contributed by atoms with Crippen LogP contribution < -0.4 is 0 Å². The fourth-order valence-electron chi connectivity index (χ4n) is 1.89. The van der Waals surface area contributed by atoms with Crippen LogP contribution in [0.15, 0.2) is 12.1 Å². The summed E-state index contributed by atoms with van der Waals surface area (Å²) in [6.07, 6.45) is 0. The average molecular weight is 314 g/mol. The lowest BCUT2D eigenvalue weighted by Gasteiger charge is -2.06. The lowest BCUT2D eigenvalue weighted by molar-refractivity contribution is -0.138. The normalized spacial score (nSPS) is 25.7. The Bertz CT molecular complexity index is 475. The van der Waals surface area contributed by atoms with Crippen LogP contribution in [0.25, 0.3) is 0 Å². The Morgan fingerprint density at radius 2 is 1.76 bits per heavy atom. The predicted octanol–water partition coefficient (Wildman–Crippen LogP) is 4.27. The highest BCUT2D eigenvalue weighted by molar-refractivity contribution is 6.53. The van der Waals surface area contributed by atoms with E-state index in [0.717, 1.165) is 5.56 Å². The Balaban J connectivity index is 2.41. The predicted molar refractivity (Wildman–Crippen MR) is 69.5 cm³/mol. The zero-order valence-electron chi connectivity index (χ0n) is 8.68. The summed E-state index contributed by atoms with van der Waals surface area (Å²) in [6.45, 7) is 1.78. The molecule has 0 amide bonds. The number of carboxylic acid groups (broad SMARTS) is 1. The van der Waals surface area contributed by atoms with Crippen LogP contribution >= 0.6 is 46.4 Å². The lowest BCUT2D eigenvalue weighted by Crippen LogP contribution is -2.03. The smallest absolute Gasteiger partial charge is 0.310 e. The van der Waals surface area contributed by atoms with Crippen molar-refractivity contribution in [1.82, 2.24) is 0 Å². The maximum Gasteiger partial charge on any atom is 0.310 e. The lowest BCUT2D eigenvalue weighted by atomic mass is 10.1. The number of alkyl halides is 2. The Morgan fingerprint density at radius 1 is 1.29 bits per heavy atom. The summed E-state index contributed by atoms with van der Waals surface area (Å²) in [6, 6.07) is 3.33. The minimum Gasteiger partial charge on any atom is -0.481 e. The molecule has 1 N–H and O–H groups in total. The van der Waals surface area contributed by atoms with E-state index >= 15 is 0 Å². The molecule has 0 spiro atoms. The quantitative estimate of drug-likeness (QED) is 0.828. The topological polar surface area (TPSA) is 37.3 Å². The second-order valence-corrected chi connectivity index (χ2v) is 6.34. The first kappa shape index (κ1) is 13.3. The summed E-state index contributed by atoms with van der Waals surface area (Å²) in [7, 11) is 0. The van der Waals surface area contributed by atoms with Gasteiger partial charge in [0.15, 0.2) is 0 Å². The first-order valence-corrected chi connectivity index (χ1v) is 6.34. The van der Waals surface area contributed by atoms with Gasteiger partial charge in [-0.1, -0.05) is 46.4 Å². The number of carboxylic acids is 1. The van der Waals surface area contributed by atoms with E-state index in [0.29, 0.717) is 15.6 Å². The van der Waals surface area contributed by atoms with Gasteiger partial charge in [-0.3, -0.25) is 4.79 Å². The van der Waals surface area contributed by atoms with Gasteiger partial charge < -0.3 is 5.11 Å². The van der Waals surface area contributed by atoms with Gasteiger partial charge in [-0.15, -0.1) is 0 Å². The third-order valence-electron chi connectivity index (χ3n) is 2.98. The molecule has 1 fully saturated rings. The third-order valence-corrected chi connectivity index (χ3v) is 4.71. The van der Waals surface area contributed by atoms with Crippen molar-refractivity contribution in [2.75, 3.05) is 0 Å². The van der Waals surface area contributed by atoms with Gasteiger partial charge in [-0.25, -0.2) is 0 Å². The molecular weight excluding hydrogens is 306 g/mol. The number of aliphatic carboxylic acids is 1. The van der Waals surface area contributed by atoms with Crippen molar-refractivity contribution in [1.29, 1.82) is 0 Å². The summed E-state index contributed by atoms with van der Waals surface area (Å²) >= 11 is 23.9. The standard InChI is InChI=1S/C11H8Cl4O2/c1-4-6(12)2-5(3-7(4)13)8-9(10(16)17)11(8,14)15/h2-3,8-9H,1H3,(H,16,17)/t8-,9+/m0/s1. The average Bonchev–Trinajstić information content (AvgIpc) is 2.77. The molecule has 1 aromatic rings. The van der Waals surface area contributed by atoms with E-state index in [2.05, 4.69) is 0 Å². The van der Waals surface area contributed by atoms with Crippen LogP contribution in [0.5, 0.6) is 0 Å². The molecule has 0 unspecified atom stereocenters. The first-order chi connectivity index (χ1) is 7.76. The molecular formula is C11H8Cl4O2. The second kappa shape index (κ2) is 4.20. The van der Waals surface area contributed by atoms with Crippen LogP contribution in [0.2, 0.25) is 10.0 Å². The number of benzene rings is 1. The van der Waals surface area contributed by atoms with E-state index in [-0.39, 0.29) is 0 Å². The number of rotatable bonds is 2. The molecule has 2 rings (SSSR count). The van der Waals surface area contributed by atoms with E-state index in [1.54, 1.807) is 19.1 Å². The van der Waals surface area contributed by atoms with Gasteiger partial charge in [0.25, 0.3) is 0 Å². The first-order valence-electron chi connectivity index (χ1n) is 4.83. The Kier molecular flexibility index (Phi) is 3.28. The maximum atomic E-state index is 11.0. The van der Waals surface area contributed by atoms with Crippen molar-refractivity contribution < 1.29 is 9.90 Å². The number of carbonyl (C=O) groups is 1. The Morgan fingerprint density at radius 3 is 2.12 bits per heavy atom. The molecule has 2 atom stereocenters. The van der Waals surface area contributed by atoms with Crippen LogP contribution in [-0.2, 0) is 4.79 Å². The molecule has 1 saturated carbocycles. The molecule has 0 aromatic heterocycles. The van der Waals surface area contributed by atoms with Crippen LogP contribution in [0.1, 0.15) is 17.0 Å². The van der Waals surface area contributed by atoms with Gasteiger partial charge in [0, 0.05) is 16.0 Å². The summed E-state index contributed by atoms with van der Waals surface area (Å²) in [5, 5.41) is 9.94. The minimum atomic E-state index is -1.28. The van der Waals surface area contributed by atoms with Gasteiger partial charge in [0.2, 0.25) is 0 Å². The van der Waals surface area contributed by atoms with Crippen LogP contribution in [0.3, 0.4) is 0 Å². The minimum absolute atomic E-state index is 0.473. The molecule has 0 saturated heterocycles. The van der Waals surface area contributed by atoms with Crippen molar-refractivity contribution in [3.63, 3.8) is 0 Å². The molecule has 92 valence electrons. The molecule has 0 bridgehead atoms. The summed E-state index contributed by atoms with van der Waals surface area (Å²) in [4.78, 5) is 11.0. The van der Waals surface area contributed by atoms with Crippen molar-refractivity contribution in [2.24, 2.45) is 5.92 Å². The summed E-state index contributed by atoms with van der Waals surface area (Å²) < 4.78 is -1.28. The van der Waals surface area contributed by atoms with E-state index in [4.69, 9.17) is 51.5 Å². The fraction of sp³-hybridized carbons (Fsp3) is 0.364. The fourth-order valence-corrected chi connectivity index (χ4v) is 3.21. The zero-order valence-corrected chi connectivity index (χ0v) is 11.7. The summed E-state index contributed by atoms with van der Waals surface area (Å²) in [5.41, 5.74) is 1.40. The number of hydrogen-bond donors (Lipinski definition) is 1. The maximum absolute atomic E-state index is 11.0. The molecule has 0 heterocycles. The monoisotopic (exact) mass is 312 g/mol. The second-order valence-electron chi connectivity index (χ2n) is 4.08. The third kappa shape index (κ3) is 2.12. The van der Waals surface area contributed by atoms with E-state index < -0.39 is 22.1 Å². The van der Waals surface area contributed by atoms with Crippen LogP contribution in [-0.4, -0.2) is 15.4 Å². The molecule has 1 aliphatic carbocycles. The van der Waals surface area contributed by atoms with Crippen molar-refractivity contribution in [3.05, 3.63) is 33.3 Å². The molecule has 1 aromatic carbocycles. The Hall–Kier alpha value is -0.150.